The first-order valence-electron chi connectivity index (χ1n) is 9.01. The number of ether oxygens (including phenoxy) is 1. The van der Waals surface area contributed by atoms with Crippen molar-refractivity contribution in [3.63, 3.8) is 0 Å². The van der Waals surface area contributed by atoms with Crippen LogP contribution in [-0.4, -0.2) is 18.0 Å². The Morgan fingerprint density at radius 1 is 1.41 bits per heavy atom. The van der Waals surface area contributed by atoms with E-state index in [0.29, 0.717) is 23.9 Å². The van der Waals surface area contributed by atoms with Crippen molar-refractivity contribution in [2.75, 3.05) is 6.61 Å². The minimum atomic E-state index is -0.581. The molecule has 2 nitrogen and oxygen atoms in total. The molecule has 0 aromatic rings. The zero-order valence-electron chi connectivity index (χ0n) is 14.5. The van der Waals surface area contributed by atoms with Crippen LogP contribution in [-0.2, 0) is 4.74 Å². The van der Waals surface area contributed by atoms with E-state index in [1.54, 1.807) is 0 Å². The smallest absolute Gasteiger partial charge is 0.161 e. The molecule has 124 valence electrons. The Hall–Kier alpha value is -0.600. The summed E-state index contributed by atoms with van der Waals surface area (Å²) in [4.78, 5) is 0. The second-order valence-corrected chi connectivity index (χ2v) is 8.43. The number of aliphatic hydroxyl groups is 1. The van der Waals surface area contributed by atoms with Gasteiger partial charge in [0.05, 0.1) is 6.61 Å². The summed E-state index contributed by atoms with van der Waals surface area (Å²) in [5.41, 5.74) is 3.01. The predicted octanol–water partition coefficient (Wildman–Crippen LogP) is 4.84. The number of aliphatic hydroxyl groups excluding tert-OH is 1. The highest BCUT2D eigenvalue weighted by Crippen LogP contribution is 2.65. The van der Waals surface area contributed by atoms with Crippen LogP contribution in [0.25, 0.3) is 0 Å². The van der Waals surface area contributed by atoms with Gasteiger partial charge in [-0.05, 0) is 63.7 Å². The van der Waals surface area contributed by atoms with Gasteiger partial charge in [0.25, 0.3) is 0 Å². The van der Waals surface area contributed by atoms with Crippen molar-refractivity contribution in [1.29, 1.82) is 0 Å². The Labute approximate surface area is 135 Å². The molecule has 1 saturated heterocycles. The molecule has 3 aliphatic rings. The summed E-state index contributed by atoms with van der Waals surface area (Å²) in [5, 5.41) is 10.7. The lowest BCUT2D eigenvalue weighted by Gasteiger charge is -2.58. The Morgan fingerprint density at radius 3 is 2.91 bits per heavy atom. The van der Waals surface area contributed by atoms with Crippen molar-refractivity contribution < 1.29 is 9.84 Å². The molecule has 0 bridgehead atoms. The van der Waals surface area contributed by atoms with E-state index in [0.717, 1.165) is 19.3 Å². The Balaban J connectivity index is 1.89. The maximum atomic E-state index is 10.7. The molecule has 3 rings (SSSR count). The van der Waals surface area contributed by atoms with Gasteiger partial charge in [0.1, 0.15) is 0 Å². The van der Waals surface area contributed by atoms with Crippen molar-refractivity contribution >= 4 is 0 Å². The van der Waals surface area contributed by atoms with E-state index in [1.807, 2.05) is 0 Å². The normalized spacial score (nSPS) is 44.4. The van der Waals surface area contributed by atoms with Crippen LogP contribution in [0.4, 0.5) is 0 Å². The molecule has 1 N–H and O–H groups in total. The van der Waals surface area contributed by atoms with Gasteiger partial charge in [-0.3, -0.25) is 0 Å². The van der Waals surface area contributed by atoms with Gasteiger partial charge in [0.15, 0.2) is 6.29 Å². The molecule has 1 heterocycles. The SMILES string of the molecule is C=C1CC[C@H]2[C@](C)(CCC=C(C)C)CCC[C@@]23[C@@H](O)OC[C@@H]13. The topological polar surface area (TPSA) is 29.5 Å². The Morgan fingerprint density at radius 2 is 2.18 bits per heavy atom. The fourth-order valence-electron chi connectivity index (χ4n) is 5.79. The minimum absolute atomic E-state index is 0.0483. The first-order chi connectivity index (χ1) is 10.4. The van der Waals surface area contributed by atoms with Crippen molar-refractivity contribution in [2.24, 2.45) is 22.7 Å². The highest BCUT2D eigenvalue weighted by atomic mass is 16.6. The van der Waals surface area contributed by atoms with Crippen LogP contribution in [0.15, 0.2) is 23.8 Å². The molecule has 0 radical (unpaired) electrons. The van der Waals surface area contributed by atoms with Crippen LogP contribution < -0.4 is 0 Å². The predicted molar refractivity (Wildman–Crippen MR) is 90.4 cm³/mol. The number of hydrogen-bond acceptors (Lipinski definition) is 2. The van der Waals surface area contributed by atoms with E-state index in [1.165, 1.54) is 36.8 Å². The molecule has 0 amide bonds. The summed E-state index contributed by atoms with van der Waals surface area (Å²) in [6, 6.07) is 0. The van der Waals surface area contributed by atoms with Crippen LogP contribution in [0.5, 0.6) is 0 Å². The molecular weight excluding hydrogens is 272 g/mol. The zero-order chi connectivity index (χ0) is 16.0. The van der Waals surface area contributed by atoms with Gasteiger partial charge in [0, 0.05) is 11.3 Å². The number of hydrogen-bond donors (Lipinski definition) is 1. The second-order valence-electron chi connectivity index (χ2n) is 8.43. The van der Waals surface area contributed by atoms with E-state index in [-0.39, 0.29) is 5.41 Å². The van der Waals surface area contributed by atoms with Crippen LogP contribution in [0.3, 0.4) is 0 Å². The molecule has 0 aromatic carbocycles. The third-order valence-electron chi connectivity index (χ3n) is 6.89. The first kappa shape index (κ1) is 16.3. The number of rotatable bonds is 3. The molecule has 0 unspecified atom stereocenters. The van der Waals surface area contributed by atoms with Gasteiger partial charge in [-0.25, -0.2) is 0 Å². The van der Waals surface area contributed by atoms with Crippen molar-refractivity contribution in [3.8, 4) is 0 Å². The third-order valence-corrected chi connectivity index (χ3v) is 6.89. The van der Waals surface area contributed by atoms with Gasteiger partial charge < -0.3 is 9.84 Å². The maximum absolute atomic E-state index is 10.7. The molecule has 2 heteroatoms. The largest absolute Gasteiger partial charge is 0.367 e. The van der Waals surface area contributed by atoms with E-state index in [4.69, 9.17) is 4.74 Å². The lowest BCUT2D eigenvalue weighted by atomic mass is 9.46. The fourth-order valence-corrected chi connectivity index (χ4v) is 5.79. The van der Waals surface area contributed by atoms with Gasteiger partial charge in [-0.2, -0.15) is 0 Å². The summed E-state index contributed by atoms with van der Waals surface area (Å²) in [6.45, 7) is 11.8. The van der Waals surface area contributed by atoms with Crippen LogP contribution in [0, 0.1) is 22.7 Å². The van der Waals surface area contributed by atoms with Crippen LogP contribution >= 0.6 is 0 Å². The monoisotopic (exact) mass is 304 g/mol. The van der Waals surface area contributed by atoms with E-state index in [2.05, 4.69) is 33.4 Å². The summed E-state index contributed by atoms with van der Waals surface area (Å²) >= 11 is 0. The molecule has 22 heavy (non-hydrogen) atoms. The lowest BCUT2D eigenvalue weighted by molar-refractivity contribution is -0.183. The van der Waals surface area contributed by atoms with Gasteiger partial charge in [-0.1, -0.05) is 37.1 Å². The van der Waals surface area contributed by atoms with Gasteiger partial charge in [-0.15, -0.1) is 0 Å². The first-order valence-corrected chi connectivity index (χ1v) is 9.01. The molecule has 5 atom stereocenters. The van der Waals surface area contributed by atoms with Crippen molar-refractivity contribution in [2.45, 2.75) is 72.0 Å². The highest BCUT2D eigenvalue weighted by molar-refractivity contribution is 5.20. The van der Waals surface area contributed by atoms with Crippen molar-refractivity contribution in [3.05, 3.63) is 23.8 Å². The summed E-state index contributed by atoms with van der Waals surface area (Å²) < 4.78 is 5.75. The maximum Gasteiger partial charge on any atom is 0.161 e. The number of allylic oxidation sites excluding steroid dienone is 2. The van der Waals surface area contributed by atoms with Crippen LogP contribution in [0.1, 0.15) is 65.7 Å². The summed E-state index contributed by atoms with van der Waals surface area (Å²) in [6.07, 6.45) is 10.1. The molecule has 2 aliphatic carbocycles. The molecule has 0 aromatic heterocycles. The standard InChI is InChI=1S/C20H32O2/c1-14(2)7-5-10-19(4)11-6-12-20-16(13-22-18(20)21)15(3)8-9-17(19)20/h7,16-18,21H,3,5-6,8-13H2,1-2,4H3/t16-,17-,18-,19+,20-/m0/s1. The third kappa shape index (κ3) is 2.39. The van der Waals surface area contributed by atoms with Gasteiger partial charge >= 0.3 is 0 Å². The molecular formula is C20H32O2. The van der Waals surface area contributed by atoms with Gasteiger partial charge in [0.2, 0.25) is 0 Å². The van der Waals surface area contributed by atoms with E-state index >= 15 is 0 Å². The summed E-state index contributed by atoms with van der Waals surface area (Å²) in [5.74, 6) is 0.955. The van der Waals surface area contributed by atoms with E-state index in [9.17, 15) is 5.11 Å². The van der Waals surface area contributed by atoms with Crippen LogP contribution in [0.2, 0.25) is 0 Å². The molecule has 3 fully saturated rings. The average molecular weight is 304 g/mol. The second kappa shape index (κ2) is 5.79. The quantitative estimate of drug-likeness (QED) is 0.756. The lowest BCUT2D eigenvalue weighted by Crippen LogP contribution is -2.54. The zero-order valence-corrected chi connectivity index (χ0v) is 14.5. The Bertz CT molecular complexity index is 476. The van der Waals surface area contributed by atoms with Crippen molar-refractivity contribution in [1.82, 2.24) is 0 Å². The minimum Gasteiger partial charge on any atom is -0.367 e. The molecule has 1 aliphatic heterocycles. The summed E-state index contributed by atoms with van der Waals surface area (Å²) in [7, 11) is 0. The highest BCUT2D eigenvalue weighted by Gasteiger charge is 2.63. The molecule has 1 spiro atoms. The van der Waals surface area contributed by atoms with E-state index < -0.39 is 6.29 Å². The fraction of sp³-hybridized carbons (Fsp3) is 0.800. The average Bonchev–Trinajstić information content (AvgIpc) is 2.77. The molecule has 2 saturated carbocycles. The Kier molecular flexibility index (Phi) is 4.28.